The molecule has 1 amide bonds. The molecule has 0 bridgehead atoms. The monoisotopic (exact) mass is 361 g/mol. The first-order chi connectivity index (χ1) is 12.4. The van der Waals surface area contributed by atoms with Crippen molar-refractivity contribution in [3.63, 3.8) is 0 Å². The number of carbonyl (C=O) groups excluding carboxylic acids is 2. The van der Waals surface area contributed by atoms with Gasteiger partial charge in [-0.15, -0.1) is 0 Å². The molecule has 0 aliphatic heterocycles. The van der Waals surface area contributed by atoms with Crippen LogP contribution in [0.15, 0.2) is 24.3 Å². The van der Waals surface area contributed by atoms with Gasteiger partial charge in [0.25, 0.3) is 5.91 Å². The maximum Gasteiger partial charge on any atom is 0.309 e. The molecular formula is C21H31NO4. The molecule has 1 saturated carbocycles. The fraction of sp³-hybridized carbons (Fsp3) is 0.619. The molecular weight excluding hydrogens is 330 g/mol. The van der Waals surface area contributed by atoms with Gasteiger partial charge in [-0.25, -0.2) is 0 Å². The SMILES string of the molecule is COC(=O)C1CCCCC1CNC(=O)C(C)Oc1ccc(C(C)C)cc1. The van der Waals surface area contributed by atoms with E-state index < -0.39 is 6.10 Å². The number of amides is 1. The number of hydrogen-bond acceptors (Lipinski definition) is 4. The Balaban J connectivity index is 1.85. The highest BCUT2D eigenvalue weighted by Gasteiger charge is 2.32. The van der Waals surface area contributed by atoms with Gasteiger partial charge in [0.2, 0.25) is 0 Å². The largest absolute Gasteiger partial charge is 0.481 e. The lowest BCUT2D eigenvalue weighted by atomic mass is 9.79. The van der Waals surface area contributed by atoms with Gasteiger partial charge in [-0.05, 0) is 49.3 Å². The molecule has 1 aliphatic rings. The smallest absolute Gasteiger partial charge is 0.309 e. The molecule has 5 heteroatoms. The molecule has 0 saturated heterocycles. The van der Waals surface area contributed by atoms with Gasteiger partial charge >= 0.3 is 5.97 Å². The molecule has 1 aromatic carbocycles. The molecule has 26 heavy (non-hydrogen) atoms. The van der Waals surface area contributed by atoms with Crippen LogP contribution in [0.4, 0.5) is 0 Å². The summed E-state index contributed by atoms with van der Waals surface area (Å²) in [6, 6.07) is 7.84. The summed E-state index contributed by atoms with van der Waals surface area (Å²) in [7, 11) is 1.42. The predicted octanol–water partition coefficient (Wildman–Crippen LogP) is 3.67. The Kier molecular flexibility index (Phi) is 7.49. The molecule has 1 fully saturated rings. The van der Waals surface area contributed by atoms with Crippen molar-refractivity contribution >= 4 is 11.9 Å². The minimum Gasteiger partial charge on any atom is -0.481 e. The van der Waals surface area contributed by atoms with Crippen molar-refractivity contribution in [3.05, 3.63) is 29.8 Å². The minimum atomic E-state index is -0.583. The lowest BCUT2D eigenvalue weighted by Gasteiger charge is -2.30. The molecule has 0 aromatic heterocycles. The van der Waals surface area contributed by atoms with Crippen molar-refractivity contribution in [3.8, 4) is 5.75 Å². The number of nitrogens with one attached hydrogen (secondary N) is 1. The van der Waals surface area contributed by atoms with E-state index in [9.17, 15) is 9.59 Å². The Morgan fingerprint density at radius 1 is 1.12 bits per heavy atom. The van der Waals surface area contributed by atoms with Crippen molar-refractivity contribution in [2.45, 2.75) is 58.5 Å². The highest BCUT2D eigenvalue weighted by atomic mass is 16.5. The molecule has 1 aliphatic carbocycles. The van der Waals surface area contributed by atoms with Crippen molar-refractivity contribution in [2.24, 2.45) is 11.8 Å². The van der Waals surface area contributed by atoms with Crippen LogP contribution in [-0.4, -0.2) is 31.6 Å². The number of hydrogen-bond donors (Lipinski definition) is 1. The van der Waals surface area contributed by atoms with Gasteiger partial charge < -0.3 is 14.8 Å². The van der Waals surface area contributed by atoms with Gasteiger partial charge in [0, 0.05) is 6.54 Å². The summed E-state index contributed by atoms with van der Waals surface area (Å²) in [4.78, 5) is 24.3. The molecule has 3 atom stereocenters. The highest BCUT2D eigenvalue weighted by molar-refractivity contribution is 5.80. The fourth-order valence-electron chi connectivity index (χ4n) is 3.48. The average Bonchev–Trinajstić information content (AvgIpc) is 2.66. The maximum atomic E-state index is 12.4. The van der Waals surface area contributed by atoms with Crippen molar-refractivity contribution < 1.29 is 19.1 Å². The first-order valence-corrected chi connectivity index (χ1v) is 9.54. The zero-order valence-corrected chi connectivity index (χ0v) is 16.3. The molecule has 0 radical (unpaired) electrons. The van der Waals surface area contributed by atoms with E-state index in [2.05, 4.69) is 19.2 Å². The fourth-order valence-corrected chi connectivity index (χ4v) is 3.48. The van der Waals surface area contributed by atoms with Crippen LogP contribution in [0.5, 0.6) is 5.75 Å². The predicted molar refractivity (Wildman–Crippen MR) is 101 cm³/mol. The number of ether oxygens (including phenoxy) is 2. The van der Waals surface area contributed by atoms with E-state index in [1.807, 2.05) is 24.3 Å². The molecule has 1 N–H and O–H groups in total. The molecule has 144 valence electrons. The third-order valence-corrected chi connectivity index (χ3v) is 5.18. The second-order valence-corrected chi connectivity index (χ2v) is 7.40. The van der Waals surface area contributed by atoms with Crippen molar-refractivity contribution in [2.75, 3.05) is 13.7 Å². The standard InChI is InChI=1S/C21H31NO4/c1-14(2)16-9-11-18(12-10-16)26-15(3)20(23)22-13-17-7-5-6-8-19(17)21(24)25-4/h9-12,14-15,17,19H,5-8,13H2,1-4H3,(H,22,23). The van der Waals surface area contributed by atoms with Crippen LogP contribution in [0.25, 0.3) is 0 Å². The first-order valence-electron chi connectivity index (χ1n) is 9.54. The Bertz CT molecular complexity index is 597. The Labute approximate surface area is 156 Å². The lowest BCUT2D eigenvalue weighted by molar-refractivity contribution is -0.149. The van der Waals surface area contributed by atoms with E-state index in [1.165, 1.54) is 12.7 Å². The molecule has 0 spiro atoms. The summed E-state index contributed by atoms with van der Waals surface area (Å²) < 4.78 is 10.6. The van der Waals surface area contributed by atoms with Gasteiger partial charge in [-0.2, -0.15) is 0 Å². The third-order valence-electron chi connectivity index (χ3n) is 5.18. The van der Waals surface area contributed by atoms with Crippen LogP contribution in [0.1, 0.15) is 57.9 Å². The van der Waals surface area contributed by atoms with E-state index in [0.29, 0.717) is 18.2 Å². The average molecular weight is 361 g/mol. The number of carbonyl (C=O) groups is 2. The maximum absolute atomic E-state index is 12.4. The van der Waals surface area contributed by atoms with Crippen LogP contribution < -0.4 is 10.1 Å². The first kappa shape index (κ1) is 20.3. The summed E-state index contributed by atoms with van der Waals surface area (Å²) in [5, 5.41) is 2.94. The van der Waals surface area contributed by atoms with E-state index in [4.69, 9.17) is 9.47 Å². The van der Waals surface area contributed by atoms with E-state index >= 15 is 0 Å². The summed E-state index contributed by atoms with van der Waals surface area (Å²) in [6.45, 7) is 6.50. The van der Waals surface area contributed by atoms with Gasteiger partial charge in [0.1, 0.15) is 5.75 Å². The Morgan fingerprint density at radius 2 is 1.77 bits per heavy atom. The molecule has 0 heterocycles. The molecule has 5 nitrogen and oxygen atoms in total. The van der Waals surface area contributed by atoms with Gasteiger partial charge in [0.15, 0.2) is 6.10 Å². The second-order valence-electron chi connectivity index (χ2n) is 7.40. The number of rotatable bonds is 7. The van der Waals surface area contributed by atoms with E-state index in [-0.39, 0.29) is 23.7 Å². The zero-order valence-electron chi connectivity index (χ0n) is 16.3. The highest BCUT2D eigenvalue weighted by Crippen LogP contribution is 2.30. The van der Waals surface area contributed by atoms with Gasteiger partial charge in [-0.3, -0.25) is 9.59 Å². The summed E-state index contributed by atoms with van der Waals surface area (Å²) in [6.07, 6.45) is 3.31. The number of esters is 1. The molecule has 3 unspecified atom stereocenters. The van der Waals surface area contributed by atoms with Crippen LogP contribution in [0, 0.1) is 11.8 Å². The number of methoxy groups -OCH3 is 1. The Hall–Kier alpha value is -2.04. The summed E-state index contributed by atoms with van der Waals surface area (Å²) in [5.74, 6) is 0.835. The Morgan fingerprint density at radius 3 is 2.38 bits per heavy atom. The zero-order chi connectivity index (χ0) is 19.1. The normalized spacial score (nSPS) is 21.1. The minimum absolute atomic E-state index is 0.117. The summed E-state index contributed by atoms with van der Waals surface area (Å²) in [5.41, 5.74) is 1.24. The van der Waals surface area contributed by atoms with Crippen LogP contribution >= 0.6 is 0 Å². The molecule has 1 aromatic rings. The third kappa shape index (κ3) is 5.48. The van der Waals surface area contributed by atoms with Crippen LogP contribution in [-0.2, 0) is 14.3 Å². The second kappa shape index (κ2) is 9.60. The van der Waals surface area contributed by atoms with E-state index in [0.717, 1.165) is 25.7 Å². The van der Waals surface area contributed by atoms with Gasteiger partial charge in [0.05, 0.1) is 13.0 Å². The van der Waals surface area contributed by atoms with Crippen molar-refractivity contribution in [1.29, 1.82) is 0 Å². The summed E-state index contributed by atoms with van der Waals surface area (Å²) >= 11 is 0. The van der Waals surface area contributed by atoms with Gasteiger partial charge in [-0.1, -0.05) is 38.8 Å². The quantitative estimate of drug-likeness (QED) is 0.753. The van der Waals surface area contributed by atoms with Crippen molar-refractivity contribution in [1.82, 2.24) is 5.32 Å². The van der Waals surface area contributed by atoms with Crippen LogP contribution in [0.2, 0.25) is 0 Å². The number of benzene rings is 1. The lowest BCUT2D eigenvalue weighted by Crippen LogP contribution is -2.42. The molecule has 2 rings (SSSR count). The van der Waals surface area contributed by atoms with Crippen LogP contribution in [0.3, 0.4) is 0 Å². The topological polar surface area (TPSA) is 64.6 Å². The van der Waals surface area contributed by atoms with E-state index in [1.54, 1.807) is 6.92 Å².